The molecule has 0 saturated heterocycles. The largest absolute Gasteiger partial charge is 0.462 e. The molecule has 0 heterocycles. The van der Waals surface area contributed by atoms with Gasteiger partial charge in [0.25, 0.3) is 0 Å². The van der Waals surface area contributed by atoms with E-state index in [0.717, 1.165) is 116 Å². The minimum Gasteiger partial charge on any atom is -0.462 e. The lowest BCUT2D eigenvalue weighted by molar-refractivity contribution is -0.167. The van der Waals surface area contributed by atoms with Crippen LogP contribution in [0.25, 0.3) is 0 Å². The Morgan fingerprint density at radius 2 is 0.534 bits per heavy atom. The van der Waals surface area contributed by atoms with Crippen molar-refractivity contribution in [3.63, 3.8) is 0 Å². The molecule has 0 N–H and O–H groups in total. The van der Waals surface area contributed by atoms with E-state index in [4.69, 9.17) is 14.2 Å². The van der Waals surface area contributed by atoms with Gasteiger partial charge in [-0.05, 0) is 116 Å². The van der Waals surface area contributed by atoms with Gasteiger partial charge in [-0.25, -0.2) is 0 Å². The summed E-state index contributed by atoms with van der Waals surface area (Å²) in [6, 6.07) is 0. The average molecular weight is 1020 g/mol. The van der Waals surface area contributed by atoms with Crippen molar-refractivity contribution in [1.82, 2.24) is 0 Å². The molecule has 0 amide bonds. The van der Waals surface area contributed by atoms with E-state index in [2.05, 4.69) is 106 Å². The van der Waals surface area contributed by atoms with Crippen LogP contribution in [-0.2, 0) is 28.6 Å². The van der Waals surface area contributed by atoms with Gasteiger partial charge in [0.15, 0.2) is 6.10 Å². The molecule has 1 atom stereocenters. The summed E-state index contributed by atoms with van der Waals surface area (Å²) in [5, 5.41) is 0. The van der Waals surface area contributed by atoms with E-state index < -0.39 is 6.10 Å². The smallest absolute Gasteiger partial charge is 0.306 e. The van der Waals surface area contributed by atoms with Crippen LogP contribution in [0.2, 0.25) is 0 Å². The lowest BCUT2D eigenvalue weighted by Crippen LogP contribution is -2.30. The Morgan fingerprint density at radius 3 is 0.863 bits per heavy atom. The van der Waals surface area contributed by atoms with Crippen LogP contribution in [0.3, 0.4) is 0 Å². The van der Waals surface area contributed by atoms with E-state index in [1.54, 1.807) is 0 Å². The zero-order chi connectivity index (χ0) is 52.9. The highest BCUT2D eigenvalue weighted by Crippen LogP contribution is 2.15. The lowest BCUT2D eigenvalue weighted by Gasteiger charge is -2.18. The Morgan fingerprint density at radius 1 is 0.288 bits per heavy atom. The zero-order valence-corrected chi connectivity index (χ0v) is 48.1. The number of unbranched alkanes of at least 4 members (excludes halogenated alkanes) is 31. The molecule has 420 valence electrons. The van der Waals surface area contributed by atoms with Gasteiger partial charge in [-0.1, -0.05) is 254 Å². The maximum atomic E-state index is 12.9. The van der Waals surface area contributed by atoms with E-state index in [1.807, 2.05) is 0 Å². The number of carbonyl (C=O) groups is 3. The third kappa shape index (κ3) is 59.3. The predicted molar refractivity (Wildman–Crippen MR) is 316 cm³/mol. The highest BCUT2D eigenvalue weighted by Gasteiger charge is 2.19. The first-order valence-corrected chi connectivity index (χ1v) is 31.1. The summed E-state index contributed by atoms with van der Waals surface area (Å²) in [6.45, 7) is 6.51. The standard InChI is InChI=1S/C67H116O6/c1-4-7-10-13-16-19-22-25-28-31-34-37-39-42-45-48-51-54-57-60-66(69)72-63-64(73-67(70)61-58-55-52-49-46-43-40-36-33-30-27-24-21-18-15-12-9-6-3)62-71-65(68)59-56-53-50-47-44-41-38-35-32-29-26-23-20-17-14-11-8-5-2/h7,10,16,19,25,28,34-38,40,42,45,64H,4-6,8-9,11-15,17-18,20-24,26-27,29-33,39,41,43-44,46-63H2,1-3H3/b10-7-,19-16-,28-25-,37-34-,38-35-,40-36-,45-42-. The molecule has 0 aromatic heterocycles. The number of hydrogen-bond acceptors (Lipinski definition) is 6. The summed E-state index contributed by atoms with van der Waals surface area (Å²) in [5.74, 6) is -0.933. The van der Waals surface area contributed by atoms with Crippen molar-refractivity contribution in [1.29, 1.82) is 0 Å². The quantitative estimate of drug-likeness (QED) is 0.0261. The molecular formula is C67H116O6. The van der Waals surface area contributed by atoms with Crippen molar-refractivity contribution in [2.45, 2.75) is 309 Å². The van der Waals surface area contributed by atoms with Crippen LogP contribution >= 0.6 is 0 Å². The van der Waals surface area contributed by atoms with Crippen molar-refractivity contribution < 1.29 is 28.6 Å². The van der Waals surface area contributed by atoms with Crippen LogP contribution in [0.4, 0.5) is 0 Å². The Bertz CT molecular complexity index is 1400. The molecule has 1 unspecified atom stereocenters. The van der Waals surface area contributed by atoms with E-state index in [1.165, 1.54) is 148 Å². The Kier molecular flexibility index (Phi) is 58.3. The normalized spacial score (nSPS) is 12.6. The number of carbonyl (C=O) groups excluding carboxylic acids is 3. The van der Waals surface area contributed by atoms with Crippen LogP contribution in [0.1, 0.15) is 303 Å². The number of esters is 3. The molecule has 6 nitrogen and oxygen atoms in total. The van der Waals surface area contributed by atoms with Gasteiger partial charge in [0.1, 0.15) is 13.2 Å². The molecule has 0 radical (unpaired) electrons. The highest BCUT2D eigenvalue weighted by atomic mass is 16.6. The summed E-state index contributed by atoms with van der Waals surface area (Å²) < 4.78 is 16.9. The minimum atomic E-state index is -0.800. The zero-order valence-electron chi connectivity index (χ0n) is 48.1. The van der Waals surface area contributed by atoms with Crippen molar-refractivity contribution >= 4 is 17.9 Å². The van der Waals surface area contributed by atoms with Crippen molar-refractivity contribution in [3.05, 3.63) is 85.1 Å². The van der Waals surface area contributed by atoms with E-state index in [9.17, 15) is 14.4 Å². The van der Waals surface area contributed by atoms with Gasteiger partial charge >= 0.3 is 17.9 Å². The van der Waals surface area contributed by atoms with Crippen molar-refractivity contribution in [3.8, 4) is 0 Å². The van der Waals surface area contributed by atoms with E-state index >= 15 is 0 Å². The number of allylic oxidation sites excluding steroid dienone is 14. The Balaban J connectivity index is 4.46. The summed E-state index contributed by atoms with van der Waals surface area (Å²) >= 11 is 0. The molecule has 0 aliphatic carbocycles. The first-order chi connectivity index (χ1) is 36.0. The molecule has 0 rings (SSSR count). The predicted octanol–water partition coefficient (Wildman–Crippen LogP) is 21.1. The lowest BCUT2D eigenvalue weighted by atomic mass is 10.1. The molecule has 0 fully saturated rings. The molecule has 0 spiro atoms. The third-order valence-corrected chi connectivity index (χ3v) is 13.4. The van der Waals surface area contributed by atoms with E-state index in [-0.39, 0.29) is 31.1 Å². The summed E-state index contributed by atoms with van der Waals surface area (Å²) in [7, 11) is 0. The summed E-state index contributed by atoms with van der Waals surface area (Å²) in [5.41, 5.74) is 0. The fourth-order valence-corrected chi connectivity index (χ4v) is 8.69. The molecule has 6 heteroatoms. The Hall–Kier alpha value is -3.41. The molecule has 0 saturated carbocycles. The SMILES string of the molecule is CC/C=C\C/C=C\C/C=C\C/C=C\C/C=C\CCCCCC(=O)OCC(COC(=O)CCCCCCC/C=C\CCCCCCCCCCC)OC(=O)CCCCCCC/C=C\CCCCCCCCCCC. The van der Waals surface area contributed by atoms with Gasteiger partial charge in [0, 0.05) is 19.3 Å². The van der Waals surface area contributed by atoms with Crippen LogP contribution in [0, 0.1) is 0 Å². The maximum absolute atomic E-state index is 12.9. The van der Waals surface area contributed by atoms with Crippen LogP contribution in [-0.4, -0.2) is 37.2 Å². The van der Waals surface area contributed by atoms with Crippen LogP contribution < -0.4 is 0 Å². The fraction of sp³-hybridized carbons (Fsp3) is 0.746. The number of ether oxygens (including phenoxy) is 3. The second-order valence-electron chi connectivity index (χ2n) is 20.6. The highest BCUT2D eigenvalue weighted by molar-refractivity contribution is 5.71. The number of rotatable bonds is 56. The van der Waals surface area contributed by atoms with Gasteiger partial charge in [-0.3, -0.25) is 14.4 Å². The van der Waals surface area contributed by atoms with Gasteiger partial charge in [-0.2, -0.15) is 0 Å². The maximum Gasteiger partial charge on any atom is 0.306 e. The van der Waals surface area contributed by atoms with Crippen LogP contribution in [0.15, 0.2) is 85.1 Å². The fourth-order valence-electron chi connectivity index (χ4n) is 8.69. The molecule has 0 aliphatic rings. The summed E-state index contributed by atoms with van der Waals surface area (Å²) in [6.07, 6.45) is 80.1. The molecule has 0 aromatic rings. The third-order valence-electron chi connectivity index (χ3n) is 13.4. The molecule has 0 aliphatic heterocycles. The van der Waals surface area contributed by atoms with Gasteiger partial charge < -0.3 is 14.2 Å². The molecule has 73 heavy (non-hydrogen) atoms. The van der Waals surface area contributed by atoms with Crippen molar-refractivity contribution in [2.75, 3.05) is 13.2 Å². The minimum absolute atomic E-state index is 0.0941. The molecule has 0 bridgehead atoms. The summed E-state index contributed by atoms with van der Waals surface area (Å²) in [4.78, 5) is 38.3. The molecule has 0 aromatic carbocycles. The van der Waals surface area contributed by atoms with Gasteiger partial charge in [0.2, 0.25) is 0 Å². The van der Waals surface area contributed by atoms with E-state index in [0.29, 0.717) is 19.3 Å². The number of hydrogen-bond donors (Lipinski definition) is 0. The van der Waals surface area contributed by atoms with Gasteiger partial charge in [-0.15, -0.1) is 0 Å². The monoisotopic (exact) mass is 1020 g/mol. The second kappa shape index (κ2) is 61.1. The first kappa shape index (κ1) is 69.6. The Labute approximate surface area is 452 Å². The average Bonchev–Trinajstić information content (AvgIpc) is 3.39. The second-order valence-corrected chi connectivity index (χ2v) is 20.6. The van der Waals surface area contributed by atoms with Gasteiger partial charge in [0.05, 0.1) is 0 Å². The first-order valence-electron chi connectivity index (χ1n) is 31.1. The topological polar surface area (TPSA) is 78.9 Å². The van der Waals surface area contributed by atoms with Crippen molar-refractivity contribution in [2.24, 2.45) is 0 Å². The molecular weight excluding hydrogens is 901 g/mol. The van der Waals surface area contributed by atoms with Crippen LogP contribution in [0.5, 0.6) is 0 Å².